The van der Waals surface area contributed by atoms with Gasteiger partial charge in [0.1, 0.15) is 0 Å². The van der Waals surface area contributed by atoms with E-state index in [1.807, 2.05) is 12.3 Å². The molecule has 0 aliphatic heterocycles. The van der Waals surface area contributed by atoms with Crippen LogP contribution in [0, 0.1) is 20.8 Å². The first-order valence-electron chi connectivity index (χ1n) is 14.3. The second-order valence-electron chi connectivity index (χ2n) is 10.6. The van der Waals surface area contributed by atoms with Gasteiger partial charge in [0.05, 0.1) is 11.1 Å². The number of hydrogen-bond donors (Lipinski definition) is 4. The lowest BCUT2D eigenvalue weighted by molar-refractivity contribution is -0.159. The maximum Gasteiger partial charge on any atom is 0.349 e. The highest BCUT2D eigenvalue weighted by atomic mass is 16.6. The Morgan fingerprint density at radius 3 is 1.34 bits per heavy atom. The minimum absolute atomic E-state index is 0.000921. The number of hydrazine groups is 1. The monoisotopic (exact) mass is 637 g/mol. The molecule has 0 fully saturated rings. The van der Waals surface area contributed by atoms with Crippen LogP contribution in [0.15, 0.2) is 97.1 Å². The van der Waals surface area contributed by atoms with E-state index in [9.17, 15) is 33.9 Å². The highest BCUT2D eigenvalue weighted by molar-refractivity contribution is 6.05. The number of rotatable bonds is 10. The molecule has 12 heteroatoms. The Labute approximate surface area is 269 Å². The molecule has 0 spiro atoms. The van der Waals surface area contributed by atoms with Gasteiger partial charge in [0.25, 0.3) is 17.7 Å². The zero-order valence-electron chi connectivity index (χ0n) is 25.6. The molecule has 2 atom stereocenters. The first-order chi connectivity index (χ1) is 22.4. The number of carboxylic acids is 1. The molecule has 47 heavy (non-hydrogen) atoms. The first kappa shape index (κ1) is 33.6. The highest BCUT2D eigenvalue weighted by Gasteiger charge is 2.41. The molecule has 4 N–H and O–H groups in total. The van der Waals surface area contributed by atoms with Crippen LogP contribution in [0.2, 0.25) is 0 Å². The molecule has 240 valence electrons. The third-order valence-corrected chi connectivity index (χ3v) is 6.84. The van der Waals surface area contributed by atoms with E-state index in [0.717, 1.165) is 16.7 Å². The molecule has 0 unspecified atom stereocenters. The van der Waals surface area contributed by atoms with Crippen molar-refractivity contribution in [1.82, 2.24) is 10.9 Å². The van der Waals surface area contributed by atoms with Gasteiger partial charge < -0.3 is 19.9 Å². The van der Waals surface area contributed by atoms with Crippen molar-refractivity contribution >= 4 is 41.3 Å². The highest BCUT2D eigenvalue weighted by Crippen LogP contribution is 2.16. The Kier molecular flexibility index (Phi) is 10.8. The van der Waals surface area contributed by atoms with Gasteiger partial charge in [-0.15, -0.1) is 0 Å². The Bertz CT molecular complexity index is 1780. The van der Waals surface area contributed by atoms with Crippen molar-refractivity contribution in [3.8, 4) is 0 Å². The molecule has 4 rings (SSSR count). The molecule has 0 saturated heterocycles. The van der Waals surface area contributed by atoms with E-state index in [4.69, 9.17) is 9.47 Å². The van der Waals surface area contributed by atoms with Crippen LogP contribution in [0.3, 0.4) is 0 Å². The molecule has 0 aliphatic carbocycles. The SMILES string of the molecule is Cc1ccc(C(=O)Nc2ccc(C(=O)NNC(=O)[C@@H](OC(=O)c3ccc(C)cc3)[C@@H](OC(=O)c3ccc(C)cc3)C(=O)O)cc2)cc1. The summed E-state index contributed by atoms with van der Waals surface area (Å²) in [5.74, 6) is -6.39. The smallest absolute Gasteiger partial charge is 0.349 e. The Balaban J connectivity index is 1.47. The average Bonchev–Trinajstić information content (AvgIpc) is 3.06. The predicted octanol–water partition coefficient (Wildman–Crippen LogP) is 4.16. The van der Waals surface area contributed by atoms with E-state index in [0.29, 0.717) is 11.3 Å². The molecule has 12 nitrogen and oxygen atoms in total. The first-order valence-corrected chi connectivity index (χ1v) is 14.3. The molecule has 0 radical (unpaired) electrons. The fraction of sp³-hybridized carbons (Fsp3) is 0.143. The molecule has 0 aromatic heterocycles. The number of carbonyl (C=O) groups excluding carboxylic acids is 5. The van der Waals surface area contributed by atoms with Gasteiger partial charge in [0.2, 0.25) is 12.2 Å². The van der Waals surface area contributed by atoms with Crippen molar-refractivity contribution in [3.63, 3.8) is 0 Å². The second kappa shape index (κ2) is 15.1. The number of hydrogen-bond acceptors (Lipinski definition) is 8. The standard InChI is InChI=1S/C35H31N3O9/c1-20-4-10-23(11-5-20)30(39)36-27-18-16-24(17-19-27)31(40)37-38-32(41)28(46-34(44)25-12-6-21(2)7-13-25)29(33(42)43)47-35(45)26-14-8-22(3)9-15-26/h4-19,28-29H,1-3H3,(H,36,39)(H,37,40)(H,38,41)(H,42,43)/t28-,29+/m0/s1. The number of ether oxygens (including phenoxy) is 2. The van der Waals surface area contributed by atoms with Crippen LogP contribution in [0.4, 0.5) is 5.69 Å². The van der Waals surface area contributed by atoms with E-state index in [1.54, 1.807) is 62.4 Å². The van der Waals surface area contributed by atoms with Crippen LogP contribution in [-0.2, 0) is 19.1 Å². The van der Waals surface area contributed by atoms with Crippen LogP contribution in [-0.4, -0.2) is 52.9 Å². The zero-order chi connectivity index (χ0) is 34.1. The van der Waals surface area contributed by atoms with Crippen LogP contribution in [0.5, 0.6) is 0 Å². The maximum atomic E-state index is 13.2. The number of esters is 2. The Hall–Kier alpha value is -6.30. The summed E-state index contributed by atoms with van der Waals surface area (Å²) in [4.78, 5) is 76.4. The van der Waals surface area contributed by atoms with Gasteiger partial charge in [-0.1, -0.05) is 53.1 Å². The fourth-order valence-corrected chi connectivity index (χ4v) is 4.12. The number of carbonyl (C=O) groups is 6. The summed E-state index contributed by atoms with van der Waals surface area (Å²) in [7, 11) is 0. The Morgan fingerprint density at radius 2 is 0.894 bits per heavy atom. The molecule has 0 bridgehead atoms. The summed E-state index contributed by atoms with van der Waals surface area (Å²) < 4.78 is 10.4. The van der Waals surface area contributed by atoms with E-state index >= 15 is 0 Å². The largest absolute Gasteiger partial charge is 0.478 e. The van der Waals surface area contributed by atoms with Gasteiger partial charge in [0.15, 0.2) is 0 Å². The molecule has 4 aromatic rings. The maximum absolute atomic E-state index is 13.2. The number of aryl methyl sites for hydroxylation is 3. The molecule has 0 saturated carbocycles. The summed E-state index contributed by atoms with van der Waals surface area (Å²) >= 11 is 0. The van der Waals surface area contributed by atoms with Crippen LogP contribution < -0.4 is 16.2 Å². The third kappa shape index (κ3) is 9.11. The molecule has 0 heterocycles. The Morgan fingerprint density at radius 1 is 0.511 bits per heavy atom. The topological polar surface area (TPSA) is 177 Å². The van der Waals surface area contributed by atoms with E-state index in [2.05, 4.69) is 10.7 Å². The lowest BCUT2D eigenvalue weighted by Crippen LogP contribution is -2.54. The number of benzene rings is 4. The van der Waals surface area contributed by atoms with E-state index in [1.165, 1.54) is 48.5 Å². The summed E-state index contributed by atoms with van der Waals surface area (Å²) in [6.07, 6.45) is -4.50. The number of aliphatic carboxylic acids is 1. The minimum atomic E-state index is -2.29. The number of amides is 3. The van der Waals surface area contributed by atoms with Crippen molar-refractivity contribution in [2.24, 2.45) is 0 Å². The van der Waals surface area contributed by atoms with Crippen molar-refractivity contribution in [3.05, 3.63) is 136 Å². The number of nitrogens with one attached hydrogen (secondary N) is 3. The lowest BCUT2D eigenvalue weighted by atomic mass is 10.1. The van der Waals surface area contributed by atoms with E-state index in [-0.39, 0.29) is 22.6 Å². The molecular weight excluding hydrogens is 606 g/mol. The number of carboxylic acid groups (broad SMARTS) is 1. The molecule has 4 aromatic carbocycles. The predicted molar refractivity (Wildman–Crippen MR) is 170 cm³/mol. The van der Waals surface area contributed by atoms with Crippen LogP contribution in [0.1, 0.15) is 58.1 Å². The average molecular weight is 638 g/mol. The number of anilines is 1. The zero-order valence-corrected chi connectivity index (χ0v) is 25.6. The summed E-state index contributed by atoms with van der Waals surface area (Å²) in [6, 6.07) is 24.7. The summed E-state index contributed by atoms with van der Waals surface area (Å²) in [5, 5.41) is 12.6. The van der Waals surface area contributed by atoms with Crippen LogP contribution in [0.25, 0.3) is 0 Å². The van der Waals surface area contributed by atoms with Crippen molar-refractivity contribution in [2.75, 3.05) is 5.32 Å². The quantitative estimate of drug-likeness (QED) is 0.147. The fourth-order valence-electron chi connectivity index (χ4n) is 4.12. The lowest BCUT2D eigenvalue weighted by Gasteiger charge is -2.23. The van der Waals surface area contributed by atoms with Gasteiger partial charge in [-0.05, 0) is 81.4 Å². The summed E-state index contributed by atoms with van der Waals surface area (Å²) in [6.45, 7) is 5.47. The third-order valence-electron chi connectivity index (χ3n) is 6.84. The van der Waals surface area contributed by atoms with Crippen molar-refractivity contribution < 1.29 is 43.3 Å². The van der Waals surface area contributed by atoms with E-state index < -0.39 is 41.9 Å². The second-order valence-corrected chi connectivity index (χ2v) is 10.6. The van der Waals surface area contributed by atoms with Gasteiger partial charge in [-0.2, -0.15) is 0 Å². The summed E-state index contributed by atoms with van der Waals surface area (Å²) in [5.41, 5.74) is 7.73. The van der Waals surface area contributed by atoms with Gasteiger partial charge >= 0.3 is 17.9 Å². The van der Waals surface area contributed by atoms with Crippen molar-refractivity contribution in [2.45, 2.75) is 33.0 Å². The van der Waals surface area contributed by atoms with Crippen LogP contribution >= 0.6 is 0 Å². The van der Waals surface area contributed by atoms with Crippen molar-refractivity contribution in [1.29, 1.82) is 0 Å². The normalized spacial score (nSPS) is 11.7. The minimum Gasteiger partial charge on any atom is -0.478 e. The van der Waals surface area contributed by atoms with Gasteiger partial charge in [-0.3, -0.25) is 25.2 Å². The molecular formula is C35H31N3O9. The molecule has 0 aliphatic rings. The van der Waals surface area contributed by atoms with Gasteiger partial charge in [0, 0.05) is 16.8 Å². The molecule has 3 amide bonds. The van der Waals surface area contributed by atoms with Gasteiger partial charge in [-0.25, -0.2) is 14.4 Å².